The molecule has 0 amide bonds. The molecule has 0 spiro atoms. The molecule has 504 valence electrons. The summed E-state index contributed by atoms with van der Waals surface area (Å²) in [6.07, 6.45) is 15.1. The summed E-state index contributed by atoms with van der Waals surface area (Å²) in [4.78, 5) is 0. The van der Waals surface area contributed by atoms with Gasteiger partial charge in [-0.15, -0.1) is 0 Å². The maximum Gasteiger partial charge on any atom is 0.320 e. The summed E-state index contributed by atoms with van der Waals surface area (Å²) in [5.41, 5.74) is 1.68. The van der Waals surface area contributed by atoms with Crippen LogP contribution in [-0.2, 0) is 82.3 Å². The minimum absolute atomic E-state index is 0.537. The number of hydrogen-bond donors (Lipinski definition) is 0. The van der Waals surface area contributed by atoms with E-state index in [1.165, 1.54) is 77.0 Å². The first kappa shape index (κ1) is 73.3. The van der Waals surface area contributed by atoms with Crippen molar-refractivity contribution in [2.45, 2.75) is 243 Å². The highest BCUT2D eigenvalue weighted by Crippen LogP contribution is 2.63. The Morgan fingerprint density at radius 1 is 0.230 bits per heavy atom. The van der Waals surface area contributed by atoms with E-state index >= 15 is 0 Å². The molecular weight excluding hydrogens is 1450 g/mol. The van der Waals surface area contributed by atoms with Crippen LogP contribution in [-0.4, -0.2) is 181 Å². The Morgan fingerprint density at radius 2 is 0.425 bits per heavy atom. The molecule has 22 atom stereocenters. The SMILES string of the molecule is C[SiH]1O[SiH](C)O[Si](C)(CCC2CC3CC2CC3[Si]2(C)O[SiH](C)O[SiH](C)O[SiH](C)O2)O[SiH](C)O1.C[SiH]1O[SiH](C)O[Si](C)(CCC2CC3CC2CC3[Si]2(C)O[SiH](C)O[Si](C)(CCC3CC4CC3CC4[Si]3(C)O[SiH](C)O[SiH](C)O[SiH](C)O3)O[SiH](C)O2)O[SiH](C)O1. The van der Waals surface area contributed by atoms with Crippen LogP contribution in [0.3, 0.4) is 0 Å². The van der Waals surface area contributed by atoms with E-state index < -0.39 is 181 Å². The summed E-state index contributed by atoms with van der Waals surface area (Å²) >= 11 is 0. The summed E-state index contributed by atoms with van der Waals surface area (Å²) < 4.78 is 131. The molecule has 20 nitrogen and oxygen atoms in total. The second kappa shape index (κ2) is 30.2. The van der Waals surface area contributed by atoms with Crippen LogP contribution >= 0.6 is 0 Å². The van der Waals surface area contributed by atoms with Crippen molar-refractivity contribution < 1.29 is 82.3 Å². The molecule has 0 aromatic heterocycles. The molecule has 11 fully saturated rings. The van der Waals surface area contributed by atoms with Gasteiger partial charge in [0.05, 0.1) is 0 Å². The van der Waals surface area contributed by atoms with E-state index in [-0.39, 0.29) is 0 Å². The Kier molecular flexibility index (Phi) is 25.4. The molecule has 0 N–H and O–H groups in total. The molecule has 87 heavy (non-hydrogen) atoms. The average Bonchev–Trinajstić information content (AvgIpc) is 1.68. The first-order chi connectivity index (χ1) is 40.8. The van der Waals surface area contributed by atoms with Crippen molar-refractivity contribution in [1.82, 2.24) is 0 Å². The predicted molar refractivity (Wildman–Crippen MR) is 386 cm³/mol. The maximum atomic E-state index is 7.14. The van der Waals surface area contributed by atoms with Crippen LogP contribution in [0.4, 0.5) is 0 Å². The van der Waals surface area contributed by atoms with E-state index in [0.29, 0.717) is 28.5 Å². The van der Waals surface area contributed by atoms with Gasteiger partial charge >= 0.3 is 69.9 Å². The molecule has 40 heteroatoms. The first-order valence-electron chi connectivity index (χ1n) is 34.1. The minimum atomic E-state index is -2.47. The maximum absolute atomic E-state index is 7.14. The van der Waals surface area contributed by atoms with E-state index in [1.54, 1.807) is 0 Å². The summed E-state index contributed by atoms with van der Waals surface area (Å²) in [6, 6.07) is 3.14. The fourth-order valence-electron chi connectivity index (χ4n) is 19.2. The molecule has 6 aliphatic carbocycles. The molecule has 11 aliphatic rings. The molecule has 0 aromatic carbocycles. The lowest BCUT2D eigenvalue weighted by molar-refractivity contribution is 0.220. The van der Waals surface area contributed by atoms with Gasteiger partial charge in [0.2, 0.25) is 0 Å². The summed E-state index contributed by atoms with van der Waals surface area (Å²) in [5.74, 6) is 6.62. The summed E-state index contributed by atoms with van der Waals surface area (Å²) in [7, 11) is -37.9. The number of fused-ring (bicyclic) bond motifs is 6. The largest absolute Gasteiger partial charge is 0.420 e. The lowest BCUT2D eigenvalue weighted by atomic mass is 9.86. The Morgan fingerprint density at radius 3 is 0.632 bits per heavy atom. The number of rotatable bonds is 12. The lowest BCUT2D eigenvalue weighted by Crippen LogP contribution is -2.60. The van der Waals surface area contributed by atoms with Crippen molar-refractivity contribution in [3.05, 3.63) is 0 Å². The van der Waals surface area contributed by atoms with Crippen LogP contribution in [0.1, 0.15) is 77.0 Å². The molecule has 6 bridgehead atoms. The van der Waals surface area contributed by atoms with Gasteiger partial charge in [-0.25, -0.2) is 0 Å². The van der Waals surface area contributed by atoms with Crippen LogP contribution < -0.4 is 0 Å². The van der Waals surface area contributed by atoms with Crippen molar-refractivity contribution in [1.29, 1.82) is 0 Å². The van der Waals surface area contributed by atoms with Crippen molar-refractivity contribution >= 4 is 181 Å². The Balaban J connectivity index is 0.000000217. The lowest BCUT2D eigenvalue weighted by Gasteiger charge is -2.46. The summed E-state index contributed by atoms with van der Waals surface area (Å²) in [6.45, 7) is 43.9. The van der Waals surface area contributed by atoms with Crippen LogP contribution in [0.15, 0.2) is 0 Å². The van der Waals surface area contributed by atoms with Gasteiger partial charge in [-0.05, 0) is 279 Å². The topological polar surface area (TPSA) is 185 Å². The van der Waals surface area contributed by atoms with Gasteiger partial charge in [0.1, 0.15) is 0 Å². The van der Waals surface area contributed by atoms with E-state index in [0.717, 1.165) is 59.6 Å². The smallest absolute Gasteiger partial charge is 0.320 e. The Labute approximate surface area is 555 Å². The van der Waals surface area contributed by atoms with Gasteiger partial charge in [0.15, 0.2) is 0 Å². The highest BCUT2D eigenvalue weighted by atomic mass is 28.5. The molecule has 5 heterocycles. The standard InChI is InChI=1S/C30H72O12Si12.C17H44O8Si8/c1-43-31-45(3)35-51(9,36-46(4)32-43)15-13-23-18-28-20-26(23)22-30(28)54(12)41-49(7)37-52(10,38-50(8)42-54)16-14-24-17-27-19-25(24)21-29(27)53(11)39-47(5)33-44(2)34-48(6)40-53;1-26-18-28(3)22-32(7,23-29(4)19-26)10-9-14-11-16-12-15(14)13-17(16)33(8)24-30(5)20-27(2)21-31(6)25-33/h23-30,43-50H,13-22H2,1-12H3;14-17,26-31H,9-13H2,1-8H3. The second-order valence-corrected chi connectivity index (χ2v) is 81.8. The highest BCUT2D eigenvalue weighted by Gasteiger charge is 2.62. The monoisotopic (exact) mass is 1560 g/mol. The molecule has 5 aliphatic heterocycles. The van der Waals surface area contributed by atoms with Gasteiger partial charge < -0.3 is 82.3 Å². The van der Waals surface area contributed by atoms with Gasteiger partial charge in [-0.3, -0.25) is 0 Å². The first-order valence-corrected chi connectivity index (χ1v) is 78.2. The fraction of sp³-hybridized carbons (Fsp3) is 1.00. The fourth-order valence-corrected chi connectivity index (χ4v) is 99.1. The molecule has 22 unspecified atom stereocenters. The molecular formula is C47H116O20Si20. The second-order valence-electron chi connectivity index (χ2n) is 29.3. The molecule has 11 rings (SSSR count). The normalized spacial score (nSPS) is 55.0. The zero-order chi connectivity index (χ0) is 62.8. The van der Waals surface area contributed by atoms with E-state index in [9.17, 15) is 0 Å². The van der Waals surface area contributed by atoms with Gasteiger partial charge in [-0.2, -0.15) is 0 Å². The van der Waals surface area contributed by atoms with Crippen LogP contribution in [0.5, 0.6) is 0 Å². The van der Waals surface area contributed by atoms with Crippen molar-refractivity contribution in [3.8, 4) is 0 Å². The van der Waals surface area contributed by atoms with Crippen molar-refractivity contribution in [2.75, 3.05) is 0 Å². The predicted octanol–water partition coefficient (Wildman–Crippen LogP) is 7.13. The van der Waals surface area contributed by atoms with Crippen LogP contribution in [0.25, 0.3) is 0 Å². The Hall–Kier alpha value is 3.54. The third kappa shape index (κ3) is 18.7. The quantitative estimate of drug-likeness (QED) is 0.180. The van der Waals surface area contributed by atoms with Crippen molar-refractivity contribution in [2.24, 2.45) is 53.3 Å². The Bertz CT molecular complexity index is 2200. The highest BCUT2D eigenvalue weighted by molar-refractivity contribution is 6.87. The van der Waals surface area contributed by atoms with Gasteiger partial charge in [0, 0.05) is 16.6 Å². The molecule has 0 aromatic rings. The zero-order valence-electron chi connectivity index (χ0n) is 56.8. The average molecular weight is 1560 g/mol. The molecule has 0 radical (unpaired) electrons. The summed E-state index contributed by atoms with van der Waals surface area (Å²) in [5, 5.41) is 0. The minimum Gasteiger partial charge on any atom is -0.420 e. The van der Waals surface area contributed by atoms with Crippen LogP contribution in [0, 0.1) is 53.3 Å². The number of hydrogen-bond acceptors (Lipinski definition) is 20. The van der Waals surface area contributed by atoms with Crippen molar-refractivity contribution in [3.63, 3.8) is 0 Å². The van der Waals surface area contributed by atoms with Gasteiger partial charge in [-0.1, -0.05) is 0 Å². The molecule has 6 saturated carbocycles. The third-order valence-corrected chi connectivity index (χ3v) is 95.3. The van der Waals surface area contributed by atoms with E-state index in [1.807, 2.05) is 0 Å². The van der Waals surface area contributed by atoms with E-state index in [2.05, 4.69) is 131 Å². The van der Waals surface area contributed by atoms with Gasteiger partial charge in [0.25, 0.3) is 111 Å². The molecule has 5 saturated heterocycles. The van der Waals surface area contributed by atoms with E-state index in [4.69, 9.17) is 82.3 Å². The third-order valence-electron chi connectivity index (χ3n) is 21.9. The zero-order valence-corrected chi connectivity index (χ0v) is 78.9. The van der Waals surface area contributed by atoms with Crippen LogP contribution in [0.2, 0.25) is 166 Å².